The van der Waals surface area contributed by atoms with Gasteiger partial charge in [0.15, 0.2) is 0 Å². The molecule has 3 aromatic rings. The molecule has 2 heteroatoms. The Hall–Kier alpha value is -3.26. The molecule has 130 valence electrons. The summed E-state index contributed by atoms with van der Waals surface area (Å²) in [5, 5.41) is 0. The molecule has 0 aliphatic rings. The van der Waals surface area contributed by atoms with E-state index in [-0.39, 0.29) is 0 Å². The highest BCUT2D eigenvalue weighted by Crippen LogP contribution is 2.20. The predicted molar refractivity (Wildman–Crippen MR) is 110 cm³/mol. The Morgan fingerprint density at radius 3 is 1.42 bits per heavy atom. The van der Waals surface area contributed by atoms with Gasteiger partial charge in [0.25, 0.3) is 0 Å². The van der Waals surface area contributed by atoms with Crippen LogP contribution in [0.1, 0.15) is 22.3 Å². The van der Waals surface area contributed by atoms with Crippen LogP contribution in [0.25, 0.3) is 24.3 Å². The van der Waals surface area contributed by atoms with Crippen molar-refractivity contribution in [2.75, 3.05) is 14.2 Å². The first-order chi connectivity index (χ1) is 12.8. The van der Waals surface area contributed by atoms with Crippen LogP contribution in [0.2, 0.25) is 0 Å². The van der Waals surface area contributed by atoms with Crippen LogP contribution in [0.3, 0.4) is 0 Å². The van der Waals surface area contributed by atoms with Gasteiger partial charge in [-0.15, -0.1) is 0 Å². The van der Waals surface area contributed by atoms with Crippen LogP contribution >= 0.6 is 0 Å². The first kappa shape index (κ1) is 17.6. The Labute approximate surface area is 155 Å². The minimum absolute atomic E-state index is 0.860. The van der Waals surface area contributed by atoms with E-state index in [1.165, 1.54) is 0 Å². The second-order valence-electron chi connectivity index (χ2n) is 5.85. The van der Waals surface area contributed by atoms with Crippen molar-refractivity contribution in [2.24, 2.45) is 0 Å². The second-order valence-corrected chi connectivity index (χ2v) is 5.85. The molecule has 0 aliphatic carbocycles. The molecule has 26 heavy (non-hydrogen) atoms. The fourth-order valence-electron chi connectivity index (χ4n) is 2.68. The summed E-state index contributed by atoms with van der Waals surface area (Å²) in [6.45, 7) is 0. The Morgan fingerprint density at radius 2 is 1.00 bits per heavy atom. The van der Waals surface area contributed by atoms with Crippen molar-refractivity contribution in [3.05, 3.63) is 95.1 Å². The van der Waals surface area contributed by atoms with Crippen molar-refractivity contribution >= 4 is 24.3 Å². The summed E-state index contributed by atoms with van der Waals surface area (Å²) in [6.07, 6.45) is 8.45. The minimum atomic E-state index is 0.860. The number of rotatable bonds is 6. The molecular formula is C24H22O2. The van der Waals surface area contributed by atoms with Crippen LogP contribution in [0.5, 0.6) is 11.5 Å². The lowest BCUT2D eigenvalue weighted by molar-refractivity contribution is 0.414. The number of ether oxygens (including phenoxy) is 2. The molecule has 0 saturated heterocycles. The molecule has 0 heterocycles. The molecule has 0 aliphatic heterocycles. The topological polar surface area (TPSA) is 18.5 Å². The quantitative estimate of drug-likeness (QED) is 0.508. The zero-order chi connectivity index (χ0) is 18.2. The lowest BCUT2D eigenvalue weighted by Gasteiger charge is -2.03. The van der Waals surface area contributed by atoms with Crippen molar-refractivity contribution in [3.63, 3.8) is 0 Å². The zero-order valence-electron chi connectivity index (χ0n) is 15.1. The lowest BCUT2D eigenvalue weighted by atomic mass is 10.0. The predicted octanol–water partition coefficient (Wildman–Crippen LogP) is 6.04. The first-order valence-electron chi connectivity index (χ1n) is 8.52. The highest BCUT2D eigenvalue weighted by Gasteiger charge is 1.97. The van der Waals surface area contributed by atoms with E-state index in [1.807, 2.05) is 48.5 Å². The molecule has 0 saturated carbocycles. The molecule has 0 N–H and O–H groups in total. The zero-order valence-corrected chi connectivity index (χ0v) is 15.1. The van der Waals surface area contributed by atoms with E-state index in [4.69, 9.17) is 9.47 Å². The molecule has 0 radical (unpaired) electrons. The molecule has 0 bridgehead atoms. The van der Waals surface area contributed by atoms with Gasteiger partial charge >= 0.3 is 0 Å². The molecule has 0 spiro atoms. The summed E-state index contributed by atoms with van der Waals surface area (Å²) in [4.78, 5) is 0. The van der Waals surface area contributed by atoms with Crippen LogP contribution in [0, 0.1) is 0 Å². The standard InChI is InChI=1S/C24H22O2/c1-25-23-11-5-7-19(17-23)13-15-21-9-3-4-10-22(21)16-14-20-8-6-12-24(18-20)26-2/h3-18H,1-2H3. The molecule has 0 amide bonds. The molecule has 0 aromatic heterocycles. The van der Waals surface area contributed by atoms with Crippen molar-refractivity contribution in [3.8, 4) is 11.5 Å². The van der Waals surface area contributed by atoms with E-state index in [9.17, 15) is 0 Å². The van der Waals surface area contributed by atoms with Gasteiger partial charge in [-0.3, -0.25) is 0 Å². The van der Waals surface area contributed by atoms with E-state index in [1.54, 1.807) is 14.2 Å². The summed E-state index contributed by atoms with van der Waals surface area (Å²) in [7, 11) is 3.36. The van der Waals surface area contributed by atoms with Crippen LogP contribution in [-0.4, -0.2) is 14.2 Å². The largest absolute Gasteiger partial charge is 0.497 e. The summed E-state index contributed by atoms with van der Waals surface area (Å²) in [6, 6.07) is 24.4. The van der Waals surface area contributed by atoms with Crippen LogP contribution in [-0.2, 0) is 0 Å². The summed E-state index contributed by atoms with van der Waals surface area (Å²) < 4.78 is 10.6. The van der Waals surface area contributed by atoms with E-state index in [0.29, 0.717) is 0 Å². The lowest BCUT2D eigenvalue weighted by Crippen LogP contribution is -1.83. The molecule has 3 aromatic carbocycles. The van der Waals surface area contributed by atoms with Gasteiger partial charge in [-0.25, -0.2) is 0 Å². The number of hydrogen-bond acceptors (Lipinski definition) is 2. The highest BCUT2D eigenvalue weighted by molar-refractivity contribution is 5.79. The smallest absolute Gasteiger partial charge is 0.119 e. The van der Waals surface area contributed by atoms with Gasteiger partial charge < -0.3 is 9.47 Å². The number of hydrogen-bond donors (Lipinski definition) is 0. The Kier molecular flexibility index (Phi) is 5.89. The van der Waals surface area contributed by atoms with E-state index >= 15 is 0 Å². The van der Waals surface area contributed by atoms with Crippen molar-refractivity contribution in [1.82, 2.24) is 0 Å². The highest BCUT2D eigenvalue weighted by atomic mass is 16.5. The third-order valence-electron chi connectivity index (χ3n) is 4.09. The van der Waals surface area contributed by atoms with Crippen molar-refractivity contribution in [2.45, 2.75) is 0 Å². The maximum Gasteiger partial charge on any atom is 0.119 e. The molecule has 0 atom stereocenters. The van der Waals surface area contributed by atoms with Gasteiger partial charge in [0.1, 0.15) is 11.5 Å². The second kappa shape index (κ2) is 8.72. The van der Waals surface area contributed by atoms with E-state index in [0.717, 1.165) is 33.8 Å². The third kappa shape index (κ3) is 4.64. The average molecular weight is 342 g/mol. The molecule has 0 unspecified atom stereocenters. The molecule has 2 nitrogen and oxygen atoms in total. The van der Waals surface area contributed by atoms with Gasteiger partial charge in [0, 0.05) is 0 Å². The average Bonchev–Trinajstić information content (AvgIpc) is 2.71. The maximum atomic E-state index is 5.28. The molecular weight excluding hydrogens is 320 g/mol. The SMILES string of the molecule is COc1cccc(C=Cc2ccccc2C=Cc2cccc(OC)c2)c1. The normalized spacial score (nSPS) is 11.2. The number of methoxy groups -OCH3 is 2. The summed E-state index contributed by atoms with van der Waals surface area (Å²) in [5.74, 6) is 1.72. The van der Waals surface area contributed by atoms with Gasteiger partial charge in [0.2, 0.25) is 0 Å². The maximum absolute atomic E-state index is 5.28. The van der Waals surface area contributed by atoms with Gasteiger partial charge in [-0.2, -0.15) is 0 Å². The number of benzene rings is 3. The summed E-state index contributed by atoms with van der Waals surface area (Å²) >= 11 is 0. The minimum Gasteiger partial charge on any atom is -0.497 e. The van der Waals surface area contributed by atoms with Gasteiger partial charge in [-0.1, -0.05) is 72.8 Å². The fraction of sp³-hybridized carbons (Fsp3) is 0.0833. The van der Waals surface area contributed by atoms with E-state index < -0.39 is 0 Å². The van der Waals surface area contributed by atoms with Crippen LogP contribution in [0.15, 0.2) is 72.8 Å². The van der Waals surface area contributed by atoms with Gasteiger partial charge in [0.05, 0.1) is 14.2 Å². The Morgan fingerprint density at radius 1 is 0.538 bits per heavy atom. The van der Waals surface area contributed by atoms with Crippen molar-refractivity contribution < 1.29 is 9.47 Å². The van der Waals surface area contributed by atoms with Crippen molar-refractivity contribution in [1.29, 1.82) is 0 Å². The third-order valence-corrected chi connectivity index (χ3v) is 4.09. The monoisotopic (exact) mass is 342 g/mol. The summed E-state index contributed by atoms with van der Waals surface area (Å²) in [5.41, 5.74) is 4.54. The Balaban J connectivity index is 1.83. The van der Waals surface area contributed by atoms with E-state index in [2.05, 4.69) is 48.6 Å². The Bertz CT molecular complexity index is 846. The molecule has 3 rings (SSSR count). The fourth-order valence-corrected chi connectivity index (χ4v) is 2.68. The molecule has 0 fully saturated rings. The van der Waals surface area contributed by atoms with Gasteiger partial charge in [-0.05, 0) is 46.5 Å². The van der Waals surface area contributed by atoms with Crippen LogP contribution in [0.4, 0.5) is 0 Å². The first-order valence-corrected chi connectivity index (χ1v) is 8.52. The van der Waals surface area contributed by atoms with Crippen LogP contribution < -0.4 is 9.47 Å².